The Labute approximate surface area is 143 Å². The molecule has 4 nitrogen and oxygen atoms in total. The zero-order valence-corrected chi connectivity index (χ0v) is 14.5. The quantitative estimate of drug-likeness (QED) is 0.863. The van der Waals surface area contributed by atoms with Crippen LogP contribution in [0.15, 0.2) is 30.3 Å². The second-order valence-electron chi connectivity index (χ2n) is 7.48. The third-order valence-corrected chi connectivity index (χ3v) is 5.26. The second-order valence-corrected chi connectivity index (χ2v) is 7.48. The van der Waals surface area contributed by atoms with Gasteiger partial charge in [0.15, 0.2) is 0 Å². The summed E-state index contributed by atoms with van der Waals surface area (Å²) in [4.78, 5) is 12.5. The number of amides is 1. The van der Waals surface area contributed by atoms with Crippen molar-refractivity contribution in [2.45, 2.75) is 46.0 Å². The summed E-state index contributed by atoms with van der Waals surface area (Å²) in [7, 11) is 0. The van der Waals surface area contributed by atoms with Gasteiger partial charge in [0.25, 0.3) is 0 Å². The summed E-state index contributed by atoms with van der Waals surface area (Å²) in [6, 6.07) is 10.0. The fourth-order valence-corrected chi connectivity index (χ4v) is 3.80. The lowest BCUT2D eigenvalue weighted by molar-refractivity contribution is -0.117. The molecule has 1 aromatic heterocycles. The van der Waals surface area contributed by atoms with Crippen molar-refractivity contribution in [1.82, 2.24) is 9.78 Å². The Balaban J connectivity index is 1.45. The summed E-state index contributed by atoms with van der Waals surface area (Å²) >= 11 is 0. The summed E-state index contributed by atoms with van der Waals surface area (Å²) in [6.07, 6.45) is 5.97. The molecule has 2 aliphatic carbocycles. The molecule has 0 aliphatic heterocycles. The molecule has 24 heavy (non-hydrogen) atoms. The van der Waals surface area contributed by atoms with Gasteiger partial charge in [-0.1, -0.05) is 6.07 Å². The lowest BCUT2D eigenvalue weighted by Gasteiger charge is -2.15. The van der Waals surface area contributed by atoms with Crippen molar-refractivity contribution in [2.75, 3.05) is 5.32 Å². The molecule has 2 aliphatic rings. The third kappa shape index (κ3) is 3.37. The van der Waals surface area contributed by atoms with Crippen LogP contribution in [0.3, 0.4) is 0 Å². The molecular weight excluding hydrogens is 298 g/mol. The van der Waals surface area contributed by atoms with E-state index in [1.54, 1.807) is 0 Å². The summed E-state index contributed by atoms with van der Waals surface area (Å²) in [5.74, 6) is 2.39. The van der Waals surface area contributed by atoms with E-state index in [1.165, 1.54) is 25.7 Å². The smallest absolute Gasteiger partial charge is 0.224 e. The van der Waals surface area contributed by atoms with Crippen molar-refractivity contribution in [1.29, 1.82) is 0 Å². The number of carbonyl (C=O) groups excluding carboxylic acids is 1. The molecule has 4 heteroatoms. The zero-order valence-electron chi connectivity index (χ0n) is 14.5. The van der Waals surface area contributed by atoms with Gasteiger partial charge in [-0.3, -0.25) is 4.79 Å². The molecule has 0 radical (unpaired) electrons. The van der Waals surface area contributed by atoms with E-state index in [0.717, 1.165) is 34.6 Å². The molecule has 0 spiro atoms. The Morgan fingerprint density at radius 3 is 2.50 bits per heavy atom. The Kier molecular flexibility index (Phi) is 3.91. The van der Waals surface area contributed by atoms with Gasteiger partial charge in [-0.05, 0) is 81.5 Å². The molecule has 1 amide bonds. The van der Waals surface area contributed by atoms with E-state index in [1.807, 2.05) is 42.8 Å². The summed E-state index contributed by atoms with van der Waals surface area (Å²) in [5, 5.41) is 7.61. The van der Waals surface area contributed by atoms with Gasteiger partial charge in [0.1, 0.15) is 0 Å². The number of carbonyl (C=O) groups is 1. The molecule has 1 aromatic carbocycles. The minimum Gasteiger partial charge on any atom is -0.326 e. The lowest BCUT2D eigenvalue weighted by Crippen LogP contribution is -2.19. The highest BCUT2D eigenvalue weighted by molar-refractivity contribution is 5.91. The van der Waals surface area contributed by atoms with Crippen LogP contribution in [0.5, 0.6) is 0 Å². The highest BCUT2D eigenvalue weighted by Gasteiger charge is 2.42. The number of nitrogens with one attached hydrogen (secondary N) is 1. The van der Waals surface area contributed by atoms with Crippen LogP contribution in [0.1, 0.15) is 43.5 Å². The molecule has 1 N–H and O–H groups in total. The van der Waals surface area contributed by atoms with E-state index in [-0.39, 0.29) is 5.91 Å². The fourth-order valence-electron chi connectivity index (χ4n) is 3.80. The van der Waals surface area contributed by atoms with Crippen LogP contribution in [0.25, 0.3) is 5.69 Å². The number of hydrogen-bond donors (Lipinski definition) is 1. The van der Waals surface area contributed by atoms with Crippen LogP contribution in [0.4, 0.5) is 5.69 Å². The molecular formula is C20H25N3O. The minimum absolute atomic E-state index is 0.157. The number of rotatable bonds is 6. The van der Waals surface area contributed by atoms with Gasteiger partial charge in [-0.2, -0.15) is 5.10 Å². The van der Waals surface area contributed by atoms with Gasteiger partial charge in [0.05, 0.1) is 11.4 Å². The van der Waals surface area contributed by atoms with Crippen molar-refractivity contribution in [3.05, 3.63) is 41.7 Å². The molecule has 0 bridgehead atoms. The maximum absolute atomic E-state index is 12.5. The predicted octanol–water partition coefficient (Wildman–Crippen LogP) is 4.25. The highest BCUT2D eigenvalue weighted by atomic mass is 16.1. The largest absolute Gasteiger partial charge is 0.326 e. The van der Waals surface area contributed by atoms with E-state index in [4.69, 9.17) is 0 Å². The topological polar surface area (TPSA) is 46.9 Å². The maximum atomic E-state index is 12.5. The van der Waals surface area contributed by atoms with Crippen LogP contribution in [0.2, 0.25) is 0 Å². The summed E-state index contributed by atoms with van der Waals surface area (Å²) < 4.78 is 1.92. The molecule has 0 saturated heterocycles. The van der Waals surface area contributed by atoms with Crippen molar-refractivity contribution in [2.24, 2.45) is 17.8 Å². The minimum atomic E-state index is 0.157. The zero-order chi connectivity index (χ0) is 16.7. The SMILES string of the molecule is Cc1cc(C)n(-c2cccc(NC(=O)CC(C3CC3)C3CC3)c2)n1. The molecule has 0 atom stereocenters. The predicted molar refractivity (Wildman–Crippen MR) is 95.2 cm³/mol. The number of nitrogens with zero attached hydrogens (tertiary/aromatic N) is 2. The molecule has 2 fully saturated rings. The highest BCUT2D eigenvalue weighted by Crippen LogP contribution is 2.50. The molecule has 1 heterocycles. The van der Waals surface area contributed by atoms with E-state index in [2.05, 4.69) is 16.5 Å². The standard InChI is InChI=1S/C20H25N3O/c1-13-10-14(2)23(22-13)18-5-3-4-17(11-18)21-20(24)12-19(15-6-7-15)16-8-9-16/h3-5,10-11,15-16,19H,6-9,12H2,1-2H3,(H,21,24). The number of hydrogen-bond acceptors (Lipinski definition) is 2. The van der Waals surface area contributed by atoms with Crippen LogP contribution >= 0.6 is 0 Å². The first-order valence-electron chi connectivity index (χ1n) is 9.04. The van der Waals surface area contributed by atoms with Gasteiger partial charge in [-0.15, -0.1) is 0 Å². The summed E-state index contributed by atoms with van der Waals surface area (Å²) in [5.41, 5.74) is 3.94. The maximum Gasteiger partial charge on any atom is 0.224 e. The van der Waals surface area contributed by atoms with Crippen molar-refractivity contribution in [3.8, 4) is 5.69 Å². The second kappa shape index (κ2) is 6.08. The molecule has 2 saturated carbocycles. The Morgan fingerprint density at radius 2 is 1.92 bits per heavy atom. The monoisotopic (exact) mass is 323 g/mol. The Hall–Kier alpha value is -2.10. The van der Waals surface area contributed by atoms with Crippen molar-refractivity contribution < 1.29 is 4.79 Å². The number of benzene rings is 1. The van der Waals surface area contributed by atoms with Crippen molar-refractivity contribution >= 4 is 11.6 Å². The first-order valence-corrected chi connectivity index (χ1v) is 9.04. The average molecular weight is 323 g/mol. The third-order valence-electron chi connectivity index (χ3n) is 5.26. The van der Waals surface area contributed by atoms with Crippen LogP contribution in [0, 0.1) is 31.6 Å². The molecule has 126 valence electrons. The van der Waals surface area contributed by atoms with E-state index >= 15 is 0 Å². The van der Waals surface area contributed by atoms with Crippen LogP contribution < -0.4 is 5.32 Å². The molecule has 0 unspecified atom stereocenters. The first kappa shape index (κ1) is 15.4. The van der Waals surface area contributed by atoms with E-state index < -0.39 is 0 Å². The normalized spacial score (nSPS) is 17.3. The summed E-state index contributed by atoms with van der Waals surface area (Å²) in [6.45, 7) is 4.03. The Bertz CT molecular complexity index is 744. The molecule has 2 aromatic rings. The van der Waals surface area contributed by atoms with Gasteiger partial charge in [-0.25, -0.2) is 4.68 Å². The van der Waals surface area contributed by atoms with E-state index in [9.17, 15) is 4.79 Å². The molecule has 4 rings (SSSR count). The van der Waals surface area contributed by atoms with Crippen molar-refractivity contribution in [3.63, 3.8) is 0 Å². The average Bonchev–Trinajstić information content (AvgIpc) is 3.45. The fraction of sp³-hybridized carbons (Fsp3) is 0.500. The van der Waals surface area contributed by atoms with Gasteiger partial charge in [0, 0.05) is 17.8 Å². The van der Waals surface area contributed by atoms with E-state index in [0.29, 0.717) is 12.3 Å². The lowest BCUT2D eigenvalue weighted by atomic mass is 9.94. The number of anilines is 1. The first-order chi connectivity index (χ1) is 11.6. The number of aryl methyl sites for hydroxylation is 2. The van der Waals surface area contributed by atoms with Crippen LogP contribution in [-0.2, 0) is 4.79 Å². The Morgan fingerprint density at radius 1 is 1.21 bits per heavy atom. The number of aromatic nitrogens is 2. The van der Waals surface area contributed by atoms with Gasteiger partial charge in [0.2, 0.25) is 5.91 Å². The van der Waals surface area contributed by atoms with Gasteiger partial charge >= 0.3 is 0 Å². The van der Waals surface area contributed by atoms with Gasteiger partial charge < -0.3 is 5.32 Å². The van der Waals surface area contributed by atoms with Crippen LogP contribution in [-0.4, -0.2) is 15.7 Å².